The van der Waals surface area contributed by atoms with Crippen LogP contribution < -0.4 is 4.74 Å². The minimum Gasteiger partial charge on any atom is -0.487 e. The second-order valence-corrected chi connectivity index (χ2v) is 8.35. The van der Waals surface area contributed by atoms with Crippen molar-refractivity contribution in [2.45, 2.75) is 11.5 Å². The van der Waals surface area contributed by atoms with Crippen molar-refractivity contribution in [1.29, 1.82) is 0 Å². The van der Waals surface area contributed by atoms with Crippen LogP contribution in [0.5, 0.6) is 5.75 Å². The molecule has 112 valence electrons. The van der Waals surface area contributed by atoms with Crippen molar-refractivity contribution in [2.24, 2.45) is 0 Å². The van der Waals surface area contributed by atoms with Gasteiger partial charge in [-0.15, -0.1) is 0 Å². The Morgan fingerprint density at radius 1 is 1.10 bits per heavy atom. The predicted octanol–water partition coefficient (Wildman–Crippen LogP) is 5.26. The second kappa shape index (κ2) is 6.75. The highest BCUT2D eigenvalue weighted by molar-refractivity contribution is 9.10. The van der Waals surface area contributed by atoms with Gasteiger partial charge in [-0.3, -0.25) is 0 Å². The van der Waals surface area contributed by atoms with Crippen LogP contribution in [-0.2, 0) is 15.7 Å². The fourth-order valence-electron chi connectivity index (χ4n) is 1.60. The first-order chi connectivity index (χ1) is 9.77. The van der Waals surface area contributed by atoms with Crippen LogP contribution >= 0.6 is 49.8 Å². The molecule has 0 aromatic heterocycles. The lowest BCUT2D eigenvalue weighted by Crippen LogP contribution is -2.01. The van der Waals surface area contributed by atoms with Crippen molar-refractivity contribution in [3.8, 4) is 5.75 Å². The molecule has 21 heavy (non-hydrogen) atoms. The van der Waals surface area contributed by atoms with E-state index in [2.05, 4.69) is 15.9 Å². The molecule has 0 heterocycles. The lowest BCUT2D eigenvalue weighted by atomic mass is 10.2. The van der Waals surface area contributed by atoms with Crippen molar-refractivity contribution < 1.29 is 13.2 Å². The van der Waals surface area contributed by atoms with E-state index < -0.39 is 9.05 Å². The van der Waals surface area contributed by atoms with Crippen molar-refractivity contribution in [3.63, 3.8) is 0 Å². The summed E-state index contributed by atoms with van der Waals surface area (Å²) < 4.78 is 29.2. The minimum atomic E-state index is -3.92. The molecule has 0 bridgehead atoms. The Bertz CT molecular complexity index is 778. The van der Waals surface area contributed by atoms with E-state index in [1.54, 1.807) is 24.3 Å². The maximum Gasteiger partial charge on any atom is 0.265 e. The molecule has 0 fully saturated rings. The van der Waals surface area contributed by atoms with Crippen molar-refractivity contribution in [2.75, 3.05) is 0 Å². The number of ether oxygens (including phenoxy) is 1. The van der Waals surface area contributed by atoms with Gasteiger partial charge in [-0.25, -0.2) is 8.42 Å². The molecule has 0 aliphatic rings. The molecule has 0 N–H and O–H groups in total. The van der Waals surface area contributed by atoms with Crippen LogP contribution in [0.15, 0.2) is 45.8 Å². The fourth-order valence-corrected chi connectivity index (χ4v) is 3.48. The summed E-state index contributed by atoms with van der Waals surface area (Å²) in [6.45, 7) is 0.0699. The van der Waals surface area contributed by atoms with E-state index in [1.165, 1.54) is 12.1 Å². The van der Waals surface area contributed by atoms with Gasteiger partial charge in [0.2, 0.25) is 0 Å². The number of benzene rings is 2. The summed E-state index contributed by atoms with van der Waals surface area (Å²) in [4.78, 5) is -0.114. The van der Waals surface area contributed by atoms with Crippen molar-refractivity contribution in [3.05, 3.63) is 56.5 Å². The molecule has 0 saturated heterocycles. The predicted molar refractivity (Wildman–Crippen MR) is 88.0 cm³/mol. The Kier molecular flexibility index (Phi) is 5.43. The first-order valence-corrected chi connectivity index (χ1v) is 9.44. The van der Waals surface area contributed by atoms with Crippen LogP contribution in [0, 0.1) is 0 Å². The summed E-state index contributed by atoms with van der Waals surface area (Å²) in [5.41, 5.74) is 0.644. The van der Waals surface area contributed by atoms with Gasteiger partial charge in [0.25, 0.3) is 9.05 Å². The third-order valence-electron chi connectivity index (χ3n) is 2.56. The normalized spacial score (nSPS) is 11.4. The topological polar surface area (TPSA) is 43.4 Å². The Morgan fingerprint density at radius 3 is 2.48 bits per heavy atom. The standard InChI is InChI=1S/C13H8BrCl3O3S/c14-9-1-4-12(13(6-9)21(17,18)19)20-7-8-5-10(15)2-3-11(8)16/h1-6H,7H2. The van der Waals surface area contributed by atoms with E-state index in [1.807, 2.05) is 0 Å². The van der Waals surface area contributed by atoms with Gasteiger partial charge in [0, 0.05) is 30.8 Å². The summed E-state index contributed by atoms with van der Waals surface area (Å²) in [5, 5.41) is 0.991. The quantitative estimate of drug-likeness (QED) is 0.621. The third kappa shape index (κ3) is 4.50. The highest BCUT2D eigenvalue weighted by Gasteiger charge is 2.18. The van der Waals surface area contributed by atoms with Crippen LogP contribution in [0.3, 0.4) is 0 Å². The van der Waals surface area contributed by atoms with Crippen LogP contribution in [0.4, 0.5) is 0 Å². The largest absolute Gasteiger partial charge is 0.487 e. The Balaban J connectivity index is 2.30. The van der Waals surface area contributed by atoms with Gasteiger partial charge in [-0.1, -0.05) is 39.1 Å². The van der Waals surface area contributed by atoms with Gasteiger partial charge in [-0.2, -0.15) is 0 Å². The Hall–Kier alpha value is -0.460. The third-order valence-corrected chi connectivity index (χ3v) is 5.00. The fraction of sp³-hybridized carbons (Fsp3) is 0.0769. The molecule has 0 radical (unpaired) electrons. The van der Waals surface area contributed by atoms with E-state index in [0.29, 0.717) is 20.1 Å². The zero-order valence-electron chi connectivity index (χ0n) is 10.3. The molecule has 3 nitrogen and oxygen atoms in total. The summed E-state index contributed by atoms with van der Waals surface area (Å²) in [6, 6.07) is 9.48. The van der Waals surface area contributed by atoms with Crippen LogP contribution in [0.1, 0.15) is 5.56 Å². The lowest BCUT2D eigenvalue weighted by Gasteiger charge is -2.11. The molecule has 0 aliphatic heterocycles. The molecular formula is C13H8BrCl3O3S. The maximum absolute atomic E-state index is 11.6. The maximum atomic E-state index is 11.6. The van der Waals surface area contributed by atoms with Crippen molar-refractivity contribution >= 4 is 58.9 Å². The average Bonchev–Trinajstić information content (AvgIpc) is 2.40. The summed E-state index contributed by atoms with van der Waals surface area (Å²) >= 11 is 15.1. The molecule has 0 aliphatic carbocycles. The highest BCUT2D eigenvalue weighted by Crippen LogP contribution is 2.31. The van der Waals surface area contributed by atoms with Gasteiger partial charge < -0.3 is 4.74 Å². The van der Waals surface area contributed by atoms with Gasteiger partial charge >= 0.3 is 0 Å². The van der Waals surface area contributed by atoms with E-state index in [-0.39, 0.29) is 17.3 Å². The van der Waals surface area contributed by atoms with Crippen molar-refractivity contribution in [1.82, 2.24) is 0 Å². The molecule has 0 saturated carbocycles. The summed E-state index contributed by atoms with van der Waals surface area (Å²) in [6.07, 6.45) is 0. The van der Waals surface area contributed by atoms with Crippen LogP contribution in [-0.4, -0.2) is 8.42 Å². The first-order valence-electron chi connectivity index (χ1n) is 5.58. The van der Waals surface area contributed by atoms with Crippen LogP contribution in [0.2, 0.25) is 10.0 Å². The average molecular weight is 431 g/mol. The van der Waals surface area contributed by atoms with Gasteiger partial charge in [0.15, 0.2) is 0 Å². The minimum absolute atomic E-state index is 0.0699. The Morgan fingerprint density at radius 2 is 1.81 bits per heavy atom. The molecule has 2 aromatic carbocycles. The zero-order valence-corrected chi connectivity index (χ0v) is 15.0. The lowest BCUT2D eigenvalue weighted by molar-refractivity contribution is 0.298. The van der Waals surface area contributed by atoms with Gasteiger partial charge in [-0.05, 0) is 36.4 Å². The Labute approximate surface area is 145 Å². The molecule has 2 aromatic rings. The monoisotopic (exact) mass is 428 g/mol. The summed E-state index contributed by atoms with van der Waals surface area (Å²) in [7, 11) is 1.48. The zero-order chi connectivity index (χ0) is 15.6. The first kappa shape index (κ1) is 16.9. The molecule has 0 amide bonds. The summed E-state index contributed by atoms with van der Waals surface area (Å²) in [5.74, 6) is 0.143. The molecule has 0 unspecified atom stereocenters. The highest BCUT2D eigenvalue weighted by atomic mass is 79.9. The van der Waals surface area contributed by atoms with Gasteiger partial charge in [0.1, 0.15) is 17.3 Å². The number of hydrogen-bond donors (Lipinski definition) is 0. The van der Waals surface area contributed by atoms with Crippen LogP contribution in [0.25, 0.3) is 0 Å². The molecule has 8 heteroatoms. The van der Waals surface area contributed by atoms with Gasteiger partial charge in [0.05, 0.1) is 0 Å². The van der Waals surface area contributed by atoms with E-state index in [4.69, 9.17) is 38.6 Å². The second-order valence-electron chi connectivity index (χ2n) is 4.05. The SMILES string of the molecule is O=S(=O)(Cl)c1cc(Br)ccc1OCc1cc(Cl)ccc1Cl. The number of hydrogen-bond acceptors (Lipinski definition) is 3. The molecule has 0 spiro atoms. The molecular weight excluding hydrogens is 422 g/mol. The number of halogens is 4. The number of rotatable bonds is 4. The molecule has 0 atom stereocenters. The smallest absolute Gasteiger partial charge is 0.265 e. The van der Waals surface area contributed by atoms with E-state index >= 15 is 0 Å². The molecule has 2 rings (SSSR count). The van der Waals surface area contributed by atoms with E-state index in [0.717, 1.165) is 0 Å². The van der Waals surface area contributed by atoms with E-state index in [9.17, 15) is 8.42 Å².